The van der Waals surface area contributed by atoms with E-state index >= 15 is 0 Å². The fourth-order valence-electron chi connectivity index (χ4n) is 4.44. The standard InChI is InChI=1S/C19H20N2O2S/c22-24(23)18-7-6-13(14-3-2-8-20-10-14)9-16(18)17-11-21(12-19(17)24)15-4-1-5-15/h2-3,6-10,15,17,19H,1,4-5,11-12H2/t17-,19-/m1/s1. The molecule has 5 rings (SSSR count). The highest BCUT2D eigenvalue weighted by Crippen LogP contribution is 2.47. The molecule has 0 spiro atoms. The van der Waals surface area contributed by atoms with Crippen LogP contribution in [0.4, 0.5) is 0 Å². The van der Waals surface area contributed by atoms with Crippen LogP contribution in [-0.2, 0) is 9.84 Å². The van der Waals surface area contributed by atoms with Gasteiger partial charge in [-0.1, -0.05) is 18.6 Å². The second kappa shape index (κ2) is 5.14. The molecule has 1 aromatic carbocycles. The lowest BCUT2D eigenvalue weighted by molar-refractivity contribution is 0.157. The average Bonchev–Trinajstić information content (AvgIpc) is 3.06. The zero-order valence-corrected chi connectivity index (χ0v) is 14.2. The highest BCUT2D eigenvalue weighted by Gasteiger charge is 2.51. The molecule has 2 atom stereocenters. The number of benzene rings is 1. The SMILES string of the molecule is O=S1(=O)c2ccc(-c3cccnc3)cc2[C@H]2CN(C3CCC3)C[C@H]21. The first-order valence-corrected chi connectivity index (χ1v) is 10.2. The Morgan fingerprint density at radius 2 is 1.96 bits per heavy atom. The second-order valence-corrected chi connectivity index (χ2v) is 9.36. The van der Waals surface area contributed by atoms with Crippen molar-refractivity contribution in [3.8, 4) is 11.1 Å². The van der Waals surface area contributed by atoms with Crippen molar-refractivity contribution in [2.45, 2.75) is 41.4 Å². The van der Waals surface area contributed by atoms with Gasteiger partial charge in [0.05, 0.1) is 10.1 Å². The molecule has 0 bridgehead atoms. The van der Waals surface area contributed by atoms with Gasteiger partial charge in [-0.25, -0.2) is 8.42 Å². The largest absolute Gasteiger partial charge is 0.298 e. The van der Waals surface area contributed by atoms with Gasteiger partial charge in [-0.15, -0.1) is 0 Å². The van der Waals surface area contributed by atoms with E-state index in [4.69, 9.17) is 0 Å². The summed E-state index contributed by atoms with van der Waals surface area (Å²) < 4.78 is 25.9. The minimum Gasteiger partial charge on any atom is -0.298 e. The van der Waals surface area contributed by atoms with Crippen LogP contribution in [0.15, 0.2) is 47.6 Å². The fraction of sp³-hybridized carbons (Fsp3) is 0.421. The van der Waals surface area contributed by atoms with Gasteiger partial charge in [-0.2, -0.15) is 0 Å². The Bertz CT molecular complexity index is 891. The molecule has 0 amide bonds. The molecule has 3 heterocycles. The van der Waals surface area contributed by atoms with Crippen LogP contribution in [-0.4, -0.2) is 42.7 Å². The summed E-state index contributed by atoms with van der Waals surface area (Å²) in [7, 11) is -3.19. The molecular formula is C19H20N2O2S. The molecule has 1 aromatic heterocycles. The van der Waals surface area contributed by atoms with Crippen LogP contribution in [0.2, 0.25) is 0 Å². The Balaban J connectivity index is 1.56. The average molecular weight is 340 g/mol. The third-order valence-electron chi connectivity index (χ3n) is 5.99. The lowest BCUT2D eigenvalue weighted by Crippen LogP contribution is -2.39. The molecule has 4 nitrogen and oxygen atoms in total. The number of pyridine rings is 1. The van der Waals surface area contributed by atoms with E-state index in [9.17, 15) is 8.42 Å². The van der Waals surface area contributed by atoms with Gasteiger partial charge in [0.15, 0.2) is 9.84 Å². The number of nitrogens with zero attached hydrogens (tertiary/aromatic N) is 2. The van der Waals surface area contributed by atoms with E-state index in [1.807, 2.05) is 24.4 Å². The van der Waals surface area contributed by atoms with E-state index in [0.29, 0.717) is 17.5 Å². The summed E-state index contributed by atoms with van der Waals surface area (Å²) in [4.78, 5) is 7.14. The molecular weight excluding hydrogens is 320 g/mol. The summed E-state index contributed by atoms with van der Waals surface area (Å²) in [6, 6.07) is 10.3. The maximum atomic E-state index is 12.9. The van der Waals surface area contributed by atoms with Gasteiger partial charge in [0.25, 0.3) is 0 Å². The predicted molar refractivity (Wildman–Crippen MR) is 92.6 cm³/mol. The van der Waals surface area contributed by atoms with Gasteiger partial charge in [-0.05, 0) is 47.7 Å². The Morgan fingerprint density at radius 1 is 1.08 bits per heavy atom. The highest BCUT2D eigenvalue weighted by molar-refractivity contribution is 7.92. The van der Waals surface area contributed by atoms with Crippen molar-refractivity contribution in [3.63, 3.8) is 0 Å². The molecule has 2 aromatic rings. The molecule has 1 saturated heterocycles. The minimum atomic E-state index is -3.19. The van der Waals surface area contributed by atoms with Crippen molar-refractivity contribution in [1.82, 2.24) is 9.88 Å². The molecule has 1 saturated carbocycles. The van der Waals surface area contributed by atoms with Gasteiger partial charge >= 0.3 is 0 Å². The molecule has 3 aliphatic rings. The maximum Gasteiger partial charge on any atom is 0.183 e. The van der Waals surface area contributed by atoms with E-state index in [-0.39, 0.29) is 11.2 Å². The number of likely N-dealkylation sites (tertiary alicyclic amines) is 1. The molecule has 1 aliphatic carbocycles. The van der Waals surface area contributed by atoms with Crippen LogP contribution in [0.5, 0.6) is 0 Å². The maximum absolute atomic E-state index is 12.9. The first kappa shape index (κ1) is 14.6. The lowest BCUT2D eigenvalue weighted by atomic mass is 9.91. The number of hydrogen-bond donors (Lipinski definition) is 0. The van der Waals surface area contributed by atoms with E-state index in [1.165, 1.54) is 19.3 Å². The summed E-state index contributed by atoms with van der Waals surface area (Å²) in [6.07, 6.45) is 7.32. The molecule has 5 heteroatoms. The van der Waals surface area contributed by atoms with Crippen molar-refractivity contribution in [1.29, 1.82) is 0 Å². The van der Waals surface area contributed by atoms with Crippen molar-refractivity contribution < 1.29 is 8.42 Å². The Labute approximate surface area is 142 Å². The lowest BCUT2D eigenvalue weighted by Gasteiger charge is -2.35. The summed E-state index contributed by atoms with van der Waals surface area (Å²) in [5.74, 6) is 0.127. The quantitative estimate of drug-likeness (QED) is 0.843. The number of sulfone groups is 1. The number of hydrogen-bond acceptors (Lipinski definition) is 4. The third kappa shape index (κ3) is 2.01. The van der Waals surface area contributed by atoms with Crippen LogP contribution >= 0.6 is 0 Å². The van der Waals surface area contributed by atoms with Gasteiger partial charge in [0.2, 0.25) is 0 Å². The monoisotopic (exact) mass is 340 g/mol. The summed E-state index contributed by atoms with van der Waals surface area (Å²) in [5, 5.41) is -0.253. The van der Waals surface area contributed by atoms with Crippen molar-refractivity contribution in [2.24, 2.45) is 0 Å². The van der Waals surface area contributed by atoms with Gasteiger partial charge in [0.1, 0.15) is 0 Å². The Kier molecular flexibility index (Phi) is 3.13. The molecule has 0 radical (unpaired) electrons. The fourth-order valence-corrected chi connectivity index (χ4v) is 6.62. The summed E-state index contributed by atoms with van der Waals surface area (Å²) in [5.41, 5.74) is 3.11. The van der Waals surface area contributed by atoms with Gasteiger partial charge in [-0.3, -0.25) is 9.88 Å². The predicted octanol–water partition coefficient (Wildman–Crippen LogP) is 2.86. The van der Waals surface area contributed by atoms with Crippen LogP contribution < -0.4 is 0 Å². The van der Waals surface area contributed by atoms with Crippen molar-refractivity contribution in [2.75, 3.05) is 13.1 Å². The second-order valence-electron chi connectivity index (χ2n) is 7.22. The molecule has 2 fully saturated rings. The van der Waals surface area contributed by atoms with Crippen LogP contribution in [0.25, 0.3) is 11.1 Å². The van der Waals surface area contributed by atoms with Crippen LogP contribution in [0, 0.1) is 0 Å². The number of aromatic nitrogens is 1. The van der Waals surface area contributed by atoms with Crippen LogP contribution in [0.1, 0.15) is 30.7 Å². The molecule has 2 aliphatic heterocycles. The minimum absolute atomic E-state index is 0.127. The number of rotatable bonds is 2. The Hall–Kier alpha value is -1.72. The van der Waals surface area contributed by atoms with Crippen LogP contribution in [0.3, 0.4) is 0 Å². The normalized spacial score (nSPS) is 28.3. The van der Waals surface area contributed by atoms with Gasteiger partial charge < -0.3 is 0 Å². The summed E-state index contributed by atoms with van der Waals surface area (Å²) in [6.45, 7) is 1.59. The zero-order chi connectivity index (χ0) is 16.3. The first-order chi connectivity index (χ1) is 11.6. The molecule has 0 N–H and O–H groups in total. The highest BCUT2D eigenvalue weighted by atomic mass is 32.2. The Morgan fingerprint density at radius 3 is 2.67 bits per heavy atom. The number of fused-ring (bicyclic) bond motifs is 3. The van der Waals surface area contributed by atoms with E-state index in [0.717, 1.165) is 23.2 Å². The third-order valence-corrected chi connectivity index (χ3v) is 8.25. The smallest absolute Gasteiger partial charge is 0.183 e. The van der Waals surface area contributed by atoms with E-state index in [1.54, 1.807) is 12.3 Å². The van der Waals surface area contributed by atoms with Crippen molar-refractivity contribution in [3.05, 3.63) is 48.3 Å². The van der Waals surface area contributed by atoms with Gasteiger partial charge in [0, 0.05) is 37.4 Å². The topological polar surface area (TPSA) is 50.3 Å². The summed E-state index contributed by atoms with van der Waals surface area (Å²) >= 11 is 0. The van der Waals surface area contributed by atoms with E-state index in [2.05, 4.69) is 16.0 Å². The van der Waals surface area contributed by atoms with E-state index < -0.39 is 9.84 Å². The molecule has 124 valence electrons. The first-order valence-electron chi connectivity index (χ1n) is 8.67. The zero-order valence-electron chi connectivity index (χ0n) is 13.4. The molecule has 24 heavy (non-hydrogen) atoms. The molecule has 0 unspecified atom stereocenters. The van der Waals surface area contributed by atoms with Crippen molar-refractivity contribution >= 4 is 9.84 Å².